The molecule has 188 valence electrons. The molecule has 37 heavy (non-hydrogen) atoms. The largest absolute Gasteiger partial charge is 0.493 e. The van der Waals surface area contributed by atoms with Crippen LogP contribution in [0.3, 0.4) is 0 Å². The minimum Gasteiger partial charge on any atom is -0.493 e. The van der Waals surface area contributed by atoms with Gasteiger partial charge in [-0.15, -0.1) is 0 Å². The zero-order chi connectivity index (χ0) is 26.3. The second-order valence-electron chi connectivity index (χ2n) is 8.52. The highest BCUT2D eigenvalue weighted by molar-refractivity contribution is 6.15. The van der Waals surface area contributed by atoms with E-state index in [9.17, 15) is 9.59 Å². The number of carbonyl (C=O) groups excluding carboxylic acids is 2. The summed E-state index contributed by atoms with van der Waals surface area (Å²) in [4.78, 5) is 26.1. The molecular formula is C29H25NO7. The van der Waals surface area contributed by atoms with Crippen molar-refractivity contribution in [1.82, 2.24) is 4.57 Å². The molecule has 5 rings (SSSR count). The van der Waals surface area contributed by atoms with Gasteiger partial charge < -0.3 is 28.3 Å². The molecule has 0 fully saturated rings. The molecule has 0 unspecified atom stereocenters. The summed E-state index contributed by atoms with van der Waals surface area (Å²) in [5.41, 5.74) is 3.09. The number of fused-ring (bicyclic) bond motifs is 2. The highest BCUT2D eigenvalue weighted by atomic mass is 16.5. The van der Waals surface area contributed by atoms with Crippen molar-refractivity contribution in [2.24, 2.45) is 7.05 Å². The van der Waals surface area contributed by atoms with Crippen molar-refractivity contribution in [3.63, 3.8) is 0 Å². The van der Waals surface area contributed by atoms with Crippen molar-refractivity contribution in [2.75, 3.05) is 21.3 Å². The van der Waals surface area contributed by atoms with E-state index < -0.39 is 5.97 Å². The van der Waals surface area contributed by atoms with Crippen molar-refractivity contribution in [2.45, 2.75) is 6.92 Å². The van der Waals surface area contributed by atoms with E-state index in [0.717, 1.165) is 16.5 Å². The van der Waals surface area contributed by atoms with Crippen LogP contribution >= 0.6 is 0 Å². The molecule has 0 saturated carbocycles. The quantitative estimate of drug-likeness (QED) is 0.201. The number of nitrogens with zero attached hydrogens (tertiary/aromatic N) is 1. The fourth-order valence-electron chi connectivity index (χ4n) is 4.47. The van der Waals surface area contributed by atoms with E-state index in [0.29, 0.717) is 34.1 Å². The molecule has 0 radical (unpaired) electrons. The van der Waals surface area contributed by atoms with Crippen molar-refractivity contribution in [1.29, 1.82) is 0 Å². The molecule has 1 aliphatic rings. The van der Waals surface area contributed by atoms with Crippen LogP contribution in [0.4, 0.5) is 0 Å². The van der Waals surface area contributed by atoms with Gasteiger partial charge in [-0.1, -0.05) is 18.2 Å². The Morgan fingerprint density at radius 1 is 0.946 bits per heavy atom. The highest BCUT2D eigenvalue weighted by Gasteiger charge is 2.31. The summed E-state index contributed by atoms with van der Waals surface area (Å²) >= 11 is 0. The molecule has 8 heteroatoms. The maximum Gasteiger partial charge on any atom is 0.343 e. The van der Waals surface area contributed by atoms with E-state index in [1.54, 1.807) is 25.1 Å². The predicted octanol–water partition coefficient (Wildman–Crippen LogP) is 5.35. The molecule has 2 heterocycles. The van der Waals surface area contributed by atoms with Gasteiger partial charge in [-0.05, 0) is 43.3 Å². The monoisotopic (exact) mass is 499 g/mol. The first-order valence-electron chi connectivity index (χ1n) is 11.5. The second-order valence-corrected chi connectivity index (χ2v) is 8.52. The van der Waals surface area contributed by atoms with E-state index >= 15 is 0 Å². The normalized spacial score (nSPS) is 13.4. The number of rotatable bonds is 6. The van der Waals surface area contributed by atoms with Crippen molar-refractivity contribution >= 4 is 28.7 Å². The van der Waals surface area contributed by atoms with Crippen LogP contribution in [0.5, 0.6) is 28.7 Å². The number of methoxy groups -OCH3 is 3. The fourth-order valence-corrected chi connectivity index (χ4v) is 4.47. The first kappa shape index (κ1) is 24.0. The number of benzene rings is 3. The highest BCUT2D eigenvalue weighted by Crippen LogP contribution is 2.41. The molecule has 1 aliphatic heterocycles. The minimum atomic E-state index is -0.627. The molecule has 0 saturated heterocycles. The summed E-state index contributed by atoms with van der Waals surface area (Å²) in [5, 5.41) is 1.02. The number of esters is 1. The molecule has 1 aromatic heterocycles. The Hall–Kier alpha value is -4.72. The Bertz CT molecular complexity index is 1570. The summed E-state index contributed by atoms with van der Waals surface area (Å²) in [5.74, 6) is 1.03. The Morgan fingerprint density at radius 2 is 1.65 bits per heavy atom. The number of Topliss-reactive ketones (excluding diaryl/α,β-unsaturated/α-hetero) is 1. The molecule has 0 spiro atoms. The van der Waals surface area contributed by atoms with Crippen molar-refractivity contribution in [3.8, 4) is 28.7 Å². The fraction of sp³-hybridized carbons (Fsp3) is 0.172. The van der Waals surface area contributed by atoms with Crippen molar-refractivity contribution in [3.05, 3.63) is 82.7 Å². The lowest BCUT2D eigenvalue weighted by Crippen LogP contribution is -2.10. The number of allylic oxidation sites excluding steroid dienone is 1. The van der Waals surface area contributed by atoms with Crippen LogP contribution in [0.25, 0.3) is 17.0 Å². The molecule has 0 aliphatic carbocycles. The van der Waals surface area contributed by atoms with Crippen LogP contribution in [-0.4, -0.2) is 37.6 Å². The molecule has 3 aromatic carbocycles. The van der Waals surface area contributed by atoms with E-state index in [2.05, 4.69) is 0 Å². The van der Waals surface area contributed by atoms with E-state index in [4.69, 9.17) is 23.7 Å². The summed E-state index contributed by atoms with van der Waals surface area (Å²) in [6.07, 6.45) is 3.69. The zero-order valence-electron chi connectivity index (χ0n) is 21.1. The average molecular weight is 500 g/mol. The van der Waals surface area contributed by atoms with E-state index in [1.807, 2.05) is 42.1 Å². The summed E-state index contributed by atoms with van der Waals surface area (Å²) in [7, 11) is 6.37. The molecule has 0 N–H and O–H groups in total. The number of aromatic nitrogens is 1. The molecule has 8 nitrogen and oxygen atoms in total. The second kappa shape index (κ2) is 9.39. The van der Waals surface area contributed by atoms with Gasteiger partial charge in [-0.2, -0.15) is 0 Å². The third-order valence-electron chi connectivity index (χ3n) is 6.35. The Balaban J connectivity index is 1.45. The summed E-state index contributed by atoms with van der Waals surface area (Å²) < 4.78 is 29.6. The van der Waals surface area contributed by atoms with Gasteiger partial charge >= 0.3 is 5.97 Å². The van der Waals surface area contributed by atoms with Gasteiger partial charge in [0.2, 0.25) is 11.5 Å². The Morgan fingerprint density at radius 3 is 2.32 bits per heavy atom. The van der Waals surface area contributed by atoms with Gasteiger partial charge in [0.05, 0.1) is 32.5 Å². The maximum atomic E-state index is 13.1. The molecule has 4 aromatic rings. The number of ether oxygens (including phenoxy) is 5. The van der Waals surface area contributed by atoms with E-state index in [1.165, 1.54) is 33.5 Å². The zero-order valence-corrected chi connectivity index (χ0v) is 21.1. The number of hydrogen-bond donors (Lipinski definition) is 0. The topological polar surface area (TPSA) is 85.2 Å². The van der Waals surface area contributed by atoms with Crippen LogP contribution in [-0.2, 0) is 7.05 Å². The summed E-state index contributed by atoms with van der Waals surface area (Å²) in [6, 6.07) is 14.2. The Labute approximate surface area is 213 Å². The smallest absolute Gasteiger partial charge is 0.343 e. The number of hydrogen-bond acceptors (Lipinski definition) is 7. The van der Waals surface area contributed by atoms with Gasteiger partial charge in [-0.25, -0.2) is 4.79 Å². The van der Waals surface area contributed by atoms with Crippen LogP contribution in [0.2, 0.25) is 0 Å². The van der Waals surface area contributed by atoms with Gasteiger partial charge in [0.25, 0.3) is 0 Å². The SMILES string of the molecule is COc1cc(C(=O)Oc2ccc3c(c2C)OC(=Cc2cn(C)c4ccccc24)C3=O)cc(OC)c1OC. The van der Waals surface area contributed by atoms with Crippen LogP contribution in [0.15, 0.2) is 60.5 Å². The lowest BCUT2D eigenvalue weighted by molar-refractivity contribution is 0.0732. The number of para-hydroxylation sites is 1. The molecule has 0 bridgehead atoms. The Kier molecular flexibility index (Phi) is 6.09. The molecule has 0 amide bonds. The summed E-state index contributed by atoms with van der Waals surface area (Å²) in [6.45, 7) is 1.74. The number of aryl methyl sites for hydroxylation is 1. The van der Waals surface area contributed by atoms with Crippen LogP contribution in [0.1, 0.15) is 31.8 Å². The number of ketones is 1. The lowest BCUT2D eigenvalue weighted by atomic mass is 10.1. The molecule has 0 atom stereocenters. The predicted molar refractivity (Wildman–Crippen MR) is 138 cm³/mol. The average Bonchev–Trinajstić information content (AvgIpc) is 3.41. The van der Waals surface area contributed by atoms with Gasteiger partial charge in [0, 0.05) is 35.3 Å². The first-order valence-corrected chi connectivity index (χ1v) is 11.5. The maximum absolute atomic E-state index is 13.1. The third-order valence-corrected chi connectivity index (χ3v) is 6.35. The van der Waals surface area contributed by atoms with Gasteiger partial charge in [-0.3, -0.25) is 4.79 Å². The van der Waals surface area contributed by atoms with Gasteiger partial charge in [0.1, 0.15) is 11.5 Å². The third kappa shape index (κ3) is 4.06. The minimum absolute atomic E-state index is 0.211. The van der Waals surface area contributed by atoms with Crippen molar-refractivity contribution < 1.29 is 33.3 Å². The first-order chi connectivity index (χ1) is 17.9. The standard InChI is InChI=1S/C29H25NO7/c1-16-22(37-29(32)17-12-24(33-3)28(35-5)25(13-17)34-4)11-10-20-26(31)23(36-27(16)20)14-18-15-30(2)21-9-7-6-8-19(18)21/h6-15H,1-5H3. The van der Waals surface area contributed by atoms with E-state index in [-0.39, 0.29) is 22.9 Å². The van der Waals surface area contributed by atoms with Crippen LogP contribution in [0, 0.1) is 6.92 Å². The van der Waals surface area contributed by atoms with Crippen LogP contribution < -0.4 is 23.7 Å². The lowest BCUT2D eigenvalue weighted by Gasteiger charge is -2.14. The number of carbonyl (C=O) groups is 2. The molecular weight excluding hydrogens is 474 g/mol. The van der Waals surface area contributed by atoms with Gasteiger partial charge in [0.15, 0.2) is 17.3 Å².